The fourth-order valence-corrected chi connectivity index (χ4v) is 2.33. The van der Waals surface area contributed by atoms with Crippen molar-refractivity contribution in [1.82, 2.24) is 9.78 Å². The van der Waals surface area contributed by atoms with Gasteiger partial charge in [-0.3, -0.25) is 4.68 Å². The summed E-state index contributed by atoms with van der Waals surface area (Å²) in [5.74, 6) is -0.227. The minimum Gasteiger partial charge on any atom is -0.398 e. The molecule has 3 aromatic rings. The second-order valence-electron chi connectivity index (χ2n) is 5.08. The van der Waals surface area contributed by atoms with Gasteiger partial charge in [0.05, 0.1) is 12.7 Å². The predicted octanol–water partition coefficient (Wildman–Crippen LogP) is 3.63. The fraction of sp³-hybridized carbons (Fsp3) is 0.118. The number of anilines is 1. The third-order valence-electron chi connectivity index (χ3n) is 3.55. The molecule has 0 saturated carbocycles. The SMILES string of the molecule is Cc1ccc(F)cc1Cn1cc(-c2ccccc2N)cn1. The minimum atomic E-state index is -0.227. The van der Waals surface area contributed by atoms with Gasteiger partial charge < -0.3 is 5.73 Å². The van der Waals surface area contributed by atoms with E-state index in [0.29, 0.717) is 6.54 Å². The Kier molecular flexibility index (Phi) is 3.44. The van der Waals surface area contributed by atoms with E-state index in [0.717, 1.165) is 27.9 Å². The zero-order valence-electron chi connectivity index (χ0n) is 11.8. The standard InChI is InChI=1S/C17H16FN3/c1-12-6-7-15(18)8-13(12)10-21-11-14(9-20-21)16-4-2-3-5-17(16)19/h2-9,11H,10,19H2,1H3. The number of para-hydroxylation sites is 1. The molecule has 0 aliphatic rings. The zero-order chi connectivity index (χ0) is 14.8. The summed E-state index contributed by atoms with van der Waals surface area (Å²) in [7, 11) is 0. The Morgan fingerprint density at radius 3 is 2.81 bits per heavy atom. The molecule has 0 atom stereocenters. The van der Waals surface area contributed by atoms with Gasteiger partial charge in [0, 0.05) is 23.0 Å². The van der Waals surface area contributed by atoms with Crippen LogP contribution >= 0.6 is 0 Å². The third kappa shape index (κ3) is 2.79. The summed E-state index contributed by atoms with van der Waals surface area (Å²) in [6.07, 6.45) is 3.70. The molecule has 0 amide bonds. The molecule has 0 radical (unpaired) electrons. The van der Waals surface area contributed by atoms with E-state index < -0.39 is 0 Å². The summed E-state index contributed by atoms with van der Waals surface area (Å²) in [5.41, 5.74) is 10.6. The van der Waals surface area contributed by atoms with E-state index >= 15 is 0 Å². The molecular weight excluding hydrogens is 265 g/mol. The van der Waals surface area contributed by atoms with Gasteiger partial charge >= 0.3 is 0 Å². The normalized spacial score (nSPS) is 10.8. The largest absolute Gasteiger partial charge is 0.398 e. The Labute approximate surface area is 122 Å². The molecule has 1 heterocycles. The van der Waals surface area contributed by atoms with Crippen LogP contribution < -0.4 is 5.73 Å². The molecular formula is C17H16FN3. The Morgan fingerprint density at radius 2 is 2.00 bits per heavy atom. The highest BCUT2D eigenvalue weighted by molar-refractivity contribution is 5.75. The second-order valence-corrected chi connectivity index (χ2v) is 5.08. The lowest BCUT2D eigenvalue weighted by Crippen LogP contribution is -2.02. The maximum atomic E-state index is 13.3. The number of nitrogens with two attached hydrogens (primary N) is 1. The summed E-state index contributed by atoms with van der Waals surface area (Å²) >= 11 is 0. The molecule has 3 nitrogen and oxygen atoms in total. The van der Waals surface area contributed by atoms with Crippen molar-refractivity contribution >= 4 is 5.69 Å². The number of aromatic nitrogens is 2. The van der Waals surface area contributed by atoms with Gasteiger partial charge in [-0.1, -0.05) is 24.3 Å². The van der Waals surface area contributed by atoms with Crippen molar-refractivity contribution in [2.45, 2.75) is 13.5 Å². The topological polar surface area (TPSA) is 43.8 Å². The molecule has 2 N–H and O–H groups in total. The van der Waals surface area contributed by atoms with E-state index in [1.807, 2.05) is 37.4 Å². The van der Waals surface area contributed by atoms with Crippen LogP contribution in [0.4, 0.5) is 10.1 Å². The van der Waals surface area contributed by atoms with Crippen molar-refractivity contribution in [3.8, 4) is 11.1 Å². The van der Waals surface area contributed by atoms with E-state index in [9.17, 15) is 4.39 Å². The fourth-order valence-electron chi connectivity index (χ4n) is 2.33. The molecule has 0 saturated heterocycles. The van der Waals surface area contributed by atoms with E-state index in [2.05, 4.69) is 5.10 Å². The average molecular weight is 281 g/mol. The van der Waals surface area contributed by atoms with Gasteiger partial charge in [0.1, 0.15) is 5.82 Å². The van der Waals surface area contributed by atoms with Crippen LogP contribution in [-0.4, -0.2) is 9.78 Å². The van der Waals surface area contributed by atoms with Crippen molar-refractivity contribution in [3.63, 3.8) is 0 Å². The highest BCUT2D eigenvalue weighted by Gasteiger charge is 2.07. The molecule has 2 aromatic carbocycles. The van der Waals surface area contributed by atoms with Gasteiger partial charge in [-0.15, -0.1) is 0 Å². The summed E-state index contributed by atoms with van der Waals surface area (Å²) in [5, 5.41) is 4.34. The summed E-state index contributed by atoms with van der Waals surface area (Å²) < 4.78 is 15.1. The van der Waals surface area contributed by atoms with Crippen LogP contribution in [-0.2, 0) is 6.54 Å². The molecule has 0 aliphatic carbocycles. The third-order valence-corrected chi connectivity index (χ3v) is 3.55. The number of benzene rings is 2. The van der Waals surface area contributed by atoms with Crippen molar-refractivity contribution in [2.24, 2.45) is 0 Å². The van der Waals surface area contributed by atoms with Gasteiger partial charge in [0.15, 0.2) is 0 Å². The van der Waals surface area contributed by atoms with Gasteiger partial charge in [-0.2, -0.15) is 5.10 Å². The average Bonchev–Trinajstić information content (AvgIpc) is 2.92. The first-order valence-corrected chi connectivity index (χ1v) is 6.76. The molecule has 3 rings (SSSR count). The Bertz CT molecular complexity index is 777. The summed E-state index contributed by atoms with van der Waals surface area (Å²) in [6.45, 7) is 2.50. The number of hydrogen-bond acceptors (Lipinski definition) is 2. The molecule has 106 valence electrons. The van der Waals surface area contributed by atoms with Gasteiger partial charge in [-0.05, 0) is 36.2 Å². The molecule has 21 heavy (non-hydrogen) atoms. The molecule has 0 spiro atoms. The van der Waals surface area contributed by atoms with Crippen molar-refractivity contribution in [1.29, 1.82) is 0 Å². The number of halogens is 1. The van der Waals surface area contributed by atoms with E-state index in [1.54, 1.807) is 23.0 Å². The first kappa shape index (κ1) is 13.4. The van der Waals surface area contributed by atoms with Crippen LogP contribution in [0.25, 0.3) is 11.1 Å². The zero-order valence-corrected chi connectivity index (χ0v) is 11.8. The quantitative estimate of drug-likeness (QED) is 0.745. The molecule has 0 aliphatic heterocycles. The first-order chi connectivity index (χ1) is 10.1. The highest BCUT2D eigenvalue weighted by Crippen LogP contribution is 2.25. The van der Waals surface area contributed by atoms with E-state index in [-0.39, 0.29) is 5.82 Å². The Hall–Kier alpha value is -2.62. The van der Waals surface area contributed by atoms with Gasteiger partial charge in [0.25, 0.3) is 0 Å². The number of hydrogen-bond donors (Lipinski definition) is 1. The molecule has 0 bridgehead atoms. The Morgan fingerprint density at radius 1 is 1.19 bits per heavy atom. The van der Waals surface area contributed by atoms with Crippen molar-refractivity contribution < 1.29 is 4.39 Å². The van der Waals surface area contributed by atoms with Gasteiger partial charge in [0.2, 0.25) is 0 Å². The predicted molar refractivity (Wildman–Crippen MR) is 82.3 cm³/mol. The van der Waals surface area contributed by atoms with E-state index in [1.165, 1.54) is 6.07 Å². The highest BCUT2D eigenvalue weighted by atomic mass is 19.1. The van der Waals surface area contributed by atoms with E-state index in [4.69, 9.17) is 5.73 Å². The summed E-state index contributed by atoms with van der Waals surface area (Å²) in [4.78, 5) is 0. The van der Waals surface area contributed by atoms with Crippen LogP contribution in [0, 0.1) is 12.7 Å². The lowest BCUT2D eigenvalue weighted by Gasteiger charge is -2.06. The van der Waals surface area contributed by atoms with Crippen molar-refractivity contribution in [2.75, 3.05) is 5.73 Å². The lowest BCUT2D eigenvalue weighted by atomic mass is 10.1. The number of nitrogen functional groups attached to an aromatic ring is 1. The summed E-state index contributed by atoms with van der Waals surface area (Å²) in [6, 6.07) is 12.5. The second kappa shape index (κ2) is 5.40. The maximum Gasteiger partial charge on any atom is 0.123 e. The number of nitrogens with zero attached hydrogens (tertiary/aromatic N) is 2. The maximum absolute atomic E-state index is 13.3. The molecule has 0 unspecified atom stereocenters. The van der Waals surface area contributed by atoms with Gasteiger partial charge in [-0.25, -0.2) is 4.39 Å². The molecule has 0 fully saturated rings. The van der Waals surface area contributed by atoms with Crippen LogP contribution in [0.5, 0.6) is 0 Å². The minimum absolute atomic E-state index is 0.227. The van der Waals surface area contributed by atoms with Crippen LogP contribution in [0.15, 0.2) is 54.9 Å². The van der Waals surface area contributed by atoms with Crippen LogP contribution in [0.1, 0.15) is 11.1 Å². The van der Waals surface area contributed by atoms with Crippen LogP contribution in [0.2, 0.25) is 0 Å². The Balaban J connectivity index is 1.89. The van der Waals surface area contributed by atoms with Crippen molar-refractivity contribution in [3.05, 3.63) is 71.8 Å². The van der Waals surface area contributed by atoms with Crippen LogP contribution in [0.3, 0.4) is 0 Å². The molecule has 1 aromatic heterocycles. The number of rotatable bonds is 3. The smallest absolute Gasteiger partial charge is 0.123 e. The monoisotopic (exact) mass is 281 g/mol. The lowest BCUT2D eigenvalue weighted by molar-refractivity contribution is 0.618. The number of aryl methyl sites for hydroxylation is 1. The first-order valence-electron chi connectivity index (χ1n) is 6.76. The molecule has 4 heteroatoms.